The molecule has 0 amide bonds. The van der Waals surface area contributed by atoms with E-state index < -0.39 is 25.3 Å². The summed E-state index contributed by atoms with van der Waals surface area (Å²) in [6, 6.07) is 36.5. The molecule has 5 aromatic rings. The molecular weight excluding hydrogens is 677 g/mol. The van der Waals surface area contributed by atoms with Gasteiger partial charge < -0.3 is 10.8 Å². The monoisotopic (exact) mass is 697 g/mol. The first-order valence-corrected chi connectivity index (χ1v) is 12.5. The Kier molecular flexibility index (Phi) is 9.69. The minimum atomic E-state index is -4.62. The van der Waals surface area contributed by atoms with Crippen LogP contribution in [0, 0.1) is 12.3 Å². The van der Waals surface area contributed by atoms with Gasteiger partial charge in [-0.05, 0) is 36.4 Å². The first-order valence-electron chi connectivity index (χ1n) is 11.0. The number of halogens is 3. The van der Waals surface area contributed by atoms with E-state index in [0.717, 1.165) is 6.07 Å². The zero-order chi connectivity index (χ0) is 25.5. The summed E-state index contributed by atoms with van der Waals surface area (Å²) >= 11 is 0. The van der Waals surface area contributed by atoms with E-state index in [4.69, 9.17) is 6.42 Å². The number of hydrogen-bond acceptors (Lipinski definition) is 2. The van der Waals surface area contributed by atoms with Crippen LogP contribution in [0.1, 0.15) is 11.1 Å². The Morgan fingerprint density at radius 2 is 1.16 bits per heavy atom. The second kappa shape index (κ2) is 12.7. The Morgan fingerprint density at radius 3 is 1.57 bits per heavy atom. The van der Waals surface area contributed by atoms with Gasteiger partial charge in [0.05, 0.1) is 13.5 Å². The maximum atomic E-state index is 12.6. The fourth-order valence-corrected chi connectivity index (χ4v) is 6.37. The molecule has 0 aliphatic heterocycles. The number of alkyl halides is 3. The van der Waals surface area contributed by atoms with Crippen molar-refractivity contribution < 1.29 is 40.0 Å². The van der Waals surface area contributed by atoms with Crippen molar-refractivity contribution in [2.45, 2.75) is 6.18 Å². The van der Waals surface area contributed by atoms with Crippen LogP contribution in [0.25, 0.3) is 11.0 Å². The maximum absolute atomic E-state index is 12.6. The Labute approximate surface area is 229 Å². The number of benzene rings is 4. The molecule has 0 aliphatic rings. The third kappa shape index (κ3) is 7.10. The van der Waals surface area contributed by atoms with Gasteiger partial charge in [-0.3, -0.25) is 5.92 Å². The molecule has 1 heterocycles. The largest absolute Gasteiger partial charge is 1.00 e. The molecule has 0 saturated carbocycles. The summed E-state index contributed by atoms with van der Waals surface area (Å²) in [6.07, 6.45) is 2.24. The second-order valence-corrected chi connectivity index (χ2v) is 10.3. The van der Waals surface area contributed by atoms with Crippen LogP contribution >= 0.6 is 7.92 Å². The van der Waals surface area contributed by atoms with Gasteiger partial charge >= 0.3 is 34.2 Å². The van der Waals surface area contributed by atoms with Crippen LogP contribution in [0.3, 0.4) is 0 Å². The molecule has 0 saturated heterocycles. The molecule has 0 radical (unpaired) electrons. The van der Waals surface area contributed by atoms with E-state index in [1.54, 1.807) is 0 Å². The van der Waals surface area contributed by atoms with E-state index in [1.165, 1.54) is 28.0 Å². The molecule has 7 heteroatoms. The predicted octanol–water partition coefficient (Wildman–Crippen LogP) is 5.92. The molecule has 0 bridgehead atoms. The number of fused-ring (bicyclic) bond motifs is 1. The number of rotatable bonds is 3. The van der Waals surface area contributed by atoms with E-state index in [9.17, 15) is 18.0 Å². The SMILES string of the molecule is [Au+].[C-]#Cc1ccc2c(C(F)(F)F)cc(=O)oc2c1.c1ccc([PH+](c2ccccc2)c2ccccc2)cc1. The average molecular weight is 697 g/mol. The van der Waals surface area contributed by atoms with Crippen LogP contribution < -0.4 is 21.5 Å². The molecular formula is C30H20AuF3O2P+. The Balaban J connectivity index is 0.000000201. The van der Waals surface area contributed by atoms with E-state index in [1.807, 2.05) is 5.92 Å². The van der Waals surface area contributed by atoms with Crippen molar-refractivity contribution in [1.29, 1.82) is 0 Å². The summed E-state index contributed by atoms with van der Waals surface area (Å²) in [4.78, 5) is 11.0. The molecule has 4 aromatic carbocycles. The zero-order valence-corrected chi connectivity index (χ0v) is 22.4. The van der Waals surface area contributed by atoms with E-state index in [2.05, 4.69) is 95.4 Å². The fourth-order valence-electron chi connectivity index (χ4n) is 3.79. The van der Waals surface area contributed by atoms with Crippen LogP contribution in [0.15, 0.2) is 124 Å². The van der Waals surface area contributed by atoms with Crippen molar-refractivity contribution in [1.82, 2.24) is 0 Å². The average Bonchev–Trinajstić information content (AvgIpc) is 2.90. The van der Waals surface area contributed by atoms with Crippen molar-refractivity contribution in [2.24, 2.45) is 0 Å². The predicted molar refractivity (Wildman–Crippen MR) is 140 cm³/mol. The van der Waals surface area contributed by atoms with Gasteiger partial charge in [0, 0.05) is 11.5 Å². The molecule has 0 aliphatic carbocycles. The van der Waals surface area contributed by atoms with Crippen LogP contribution in [0.5, 0.6) is 0 Å². The van der Waals surface area contributed by atoms with E-state index in [0.29, 0.717) is 6.07 Å². The minimum Gasteiger partial charge on any atom is -0.424 e. The Morgan fingerprint density at radius 1 is 0.703 bits per heavy atom. The number of hydrogen-bond donors (Lipinski definition) is 0. The van der Waals surface area contributed by atoms with Crippen molar-refractivity contribution in [3.63, 3.8) is 0 Å². The molecule has 1 aromatic heterocycles. The molecule has 5 rings (SSSR count). The quantitative estimate of drug-likeness (QED) is 0.0771. The van der Waals surface area contributed by atoms with Crippen molar-refractivity contribution in [3.05, 3.63) is 143 Å². The van der Waals surface area contributed by atoms with Crippen molar-refractivity contribution in [2.75, 3.05) is 0 Å². The van der Waals surface area contributed by atoms with Gasteiger partial charge in [0.25, 0.3) is 0 Å². The topological polar surface area (TPSA) is 30.2 Å². The minimum absolute atomic E-state index is 0. The summed E-state index contributed by atoms with van der Waals surface area (Å²) in [6.45, 7) is 0. The Hall–Kier alpha value is -3.39. The van der Waals surface area contributed by atoms with Crippen LogP contribution in [0.2, 0.25) is 0 Å². The molecule has 0 spiro atoms. The molecule has 0 unspecified atom stereocenters. The fraction of sp³-hybridized carbons (Fsp3) is 0.0333. The first-order chi connectivity index (χ1) is 17.4. The van der Waals surface area contributed by atoms with Gasteiger partial charge in [0.15, 0.2) is 0 Å². The molecule has 0 atom stereocenters. The van der Waals surface area contributed by atoms with Gasteiger partial charge in [0.1, 0.15) is 21.5 Å². The Bertz CT molecular complexity index is 1450. The first kappa shape index (κ1) is 28.2. The zero-order valence-electron chi connectivity index (χ0n) is 19.2. The van der Waals surface area contributed by atoms with Gasteiger partial charge in [-0.1, -0.05) is 66.7 Å². The van der Waals surface area contributed by atoms with Gasteiger partial charge in [0.2, 0.25) is 0 Å². The summed E-state index contributed by atoms with van der Waals surface area (Å²) in [7, 11) is -0.877. The summed E-state index contributed by atoms with van der Waals surface area (Å²) < 4.78 is 42.6. The molecule has 0 N–H and O–H groups in total. The second-order valence-electron chi connectivity index (χ2n) is 7.79. The van der Waals surface area contributed by atoms with Crippen LogP contribution in [0.4, 0.5) is 13.2 Å². The summed E-state index contributed by atoms with van der Waals surface area (Å²) in [5.74, 6) is 2.00. The third-order valence-corrected chi connectivity index (χ3v) is 8.11. The molecule has 37 heavy (non-hydrogen) atoms. The smallest absolute Gasteiger partial charge is 0.424 e. The summed E-state index contributed by atoms with van der Waals surface area (Å²) in [5, 5.41) is 4.09. The van der Waals surface area contributed by atoms with Crippen LogP contribution in [-0.4, -0.2) is 0 Å². The third-order valence-electron chi connectivity index (χ3n) is 5.38. The molecule has 0 fully saturated rings. The van der Waals surface area contributed by atoms with Gasteiger partial charge in [-0.2, -0.15) is 13.2 Å². The van der Waals surface area contributed by atoms with Gasteiger partial charge in [-0.15, -0.1) is 11.6 Å². The standard InChI is InChI=1S/C18H15P.C12H4F3O2.Au/c1-4-10-16(11-5-1)19(17-12-6-2-7-13-17)18-14-8-3-9-15-18;1-2-7-3-4-8-9(12(13,14)15)6-11(16)17-10(8)5-7;/h1-15H;3-6H;/q;-1;+1/p+1. The van der Waals surface area contributed by atoms with E-state index in [-0.39, 0.29) is 38.9 Å². The molecule has 2 nitrogen and oxygen atoms in total. The normalized spacial score (nSPS) is 10.7. The van der Waals surface area contributed by atoms with E-state index >= 15 is 0 Å². The summed E-state index contributed by atoms with van der Waals surface area (Å²) in [5.41, 5.74) is -2.09. The molecule has 188 valence electrons. The maximum Gasteiger partial charge on any atom is 1.00 e. The van der Waals surface area contributed by atoms with Crippen molar-refractivity contribution in [3.8, 4) is 5.92 Å². The van der Waals surface area contributed by atoms with Gasteiger partial charge in [-0.25, -0.2) is 4.79 Å². The van der Waals surface area contributed by atoms with Crippen molar-refractivity contribution >= 4 is 34.8 Å². The van der Waals surface area contributed by atoms with Crippen LogP contribution in [-0.2, 0) is 28.6 Å².